The Kier molecular flexibility index (Phi) is 3.77. The molecule has 1 aliphatic heterocycles. The summed E-state index contributed by atoms with van der Waals surface area (Å²) in [6.45, 7) is 5.02. The second-order valence-electron chi connectivity index (χ2n) is 3.88. The second kappa shape index (κ2) is 5.30. The summed E-state index contributed by atoms with van der Waals surface area (Å²) in [5, 5.41) is 4.56. The lowest BCUT2D eigenvalue weighted by molar-refractivity contribution is 0.534. The zero-order valence-corrected chi connectivity index (χ0v) is 10.7. The molecule has 0 amide bonds. The molecule has 0 unspecified atom stereocenters. The van der Waals surface area contributed by atoms with Gasteiger partial charge in [-0.1, -0.05) is 6.92 Å². The minimum Gasteiger partial charge on any atom is -0.356 e. The van der Waals surface area contributed by atoms with Gasteiger partial charge in [-0.15, -0.1) is 11.3 Å². The van der Waals surface area contributed by atoms with E-state index in [1.165, 1.54) is 9.88 Å². The average Bonchev–Trinajstić information content (AvgIpc) is 2.89. The third kappa shape index (κ3) is 2.72. The van der Waals surface area contributed by atoms with Crippen molar-refractivity contribution in [3.63, 3.8) is 0 Å². The summed E-state index contributed by atoms with van der Waals surface area (Å²) in [5.41, 5.74) is 0. The predicted octanol–water partition coefficient (Wildman–Crippen LogP) is 1.14. The Bertz CT molecular complexity index is 372. The van der Waals surface area contributed by atoms with Crippen LogP contribution in [-0.4, -0.2) is 42.5 Å². The van der Waals surface area contributed by atoms with Crippen LogP contribution in [0.1, 0.15) is 16.8 Å². The first-order valence-corrected chi connectivity index (χ1v) is 6.54. The summed E-state index contributed by atoms with van der Waals surface area (Å²) >= 11 is 1.81. The topological polar surface area (TPSA) is 40.5 Å². The maximum atomic E-state index is 4.40. The van der Waals surface area contributed by atoms with Crippen LogP contribution in [0.2, 0.25) is 0 Å². The number of rotatable bonds is 4. The molecule has 5 heteroatoms. The number of nitrogens with zero attached hydrogens (tertiary/aromatic N) is 3. The predicted molar refractivity (Wildman–Crippen MR) is 68.1 cm³/mol. The standard InChI is InChI=1S/C11H18N4S/c1-3-9-8-14-10(16-9)4-5-12-11-13-6-7-15(11)2/h8H,3-7H2,1-2H3,(H,12,13). The van der Waals surface area contributed by atoms with Gasteiger partial charge in [0.05, 0.1) is 11.6 Å². The van der Waals surface area contributed by atoms with Crippen molar-refractivity contribution < 1.29 is 0 Å². The summed E-state index contributed by atoms with van der Waals surface area (Å²) in [6, 6.07) is 0. The lowest BCUT2D eigenvalue weighted by Gasteiger charge is -2.14. The molecule has 1 aliphatic rings. The van der Waals surface area contributed by atoms with E-state index in [4.69, 9.17) is 0 Å². The molecule has 2 rings (SSSR count). The molecule has 1 N–H and O–H groups in total. The fraction of sp³-hybridized carbons (Fsp3) is 0.636. The van der Waals surface area contributed by atoms with E-state index >= 15 is 0 Å². The number of aromatic nitrogens is 1. The van der Waals surface area contributed by atoms with Gasteiger partial charge in [-0.25, -0.2) is 4.98 Å². The van der Waals surface area contributed by atoms with Gasteiger partial charge in [0.2, 0.25) is 0 Å². The van der Waals surface area contributed by atoms with E-state index in [0.29, 0.717) is 0 Å². The molecule has 1 aromatic heterocycles. The molecule has 0 atom stereocenters. The third-order valence-corrected chi connectivity index (χ3v) is 3.83. The number of hydrogen-bond acceptors (Lipinski definition) is 5. The highest BCUT2D eigenvalue weighted by Crippen LogP contribution is 2.13. The maximum absolute atomic E-state index is 4.40. The van der Waals surface area contributed by atoms with Crippen LogP contribution in [0.5, 0.6) is 0 Å². The first-order valence-electron chi connectivity index (χ1n) is 5.72. The first kappa shape index (κ1) is 11.4. The molecule has 0 fully saturated rings. The van der Waals surface area contributed by atoms with Crippen molar-refractivity contribution in [2.75, 3.05) is 26.7 Å². The van der Waals surface area contributed by atoms with Gasteiger partial charge in [0.1, 0.15) is 0 Å². The Labute approximate surface area is 100 Å². The molecule has 0 radical (unpaired) electrons. The van der Waals surface area contributed by atoms with Crippen molar-refractivity contribution in [3.05, 3.63) is 16.1 Å². The summed E-state index contributed by atoms with van der Waals surface area (Å²) in [7, 11) is 2.07. The lowest BCUT2D eigenvalue weighted by atomic mass is 10.4. The fourth-order valence-electron chi connectivity index (χ4n) is 1.63. The van der Waals surface area contributed by atoms with Crippen molar-refractivity contribution in [1.29, 1.82) is 0 Å². The highest BCUT2D eigenvalue weighted by atomic mass is 32.1. The highest BCUT2D eigenvalue weighted by molar-refractivity contribution is 7.11. The van der Waals surface area contributed by atoms with E-state index in [-0.39, 0.29) is 0 Å². The molecule has 1 aromatic rings. The van der Waals surface area contributed by atoms with Crippen LogP contribution in [0.3, 0.4) is 0 Å². The first-order chi connectivity index (χ1) is 7.79. The van der Waals surface area contributed by atoms with Crippen LogP contribution in [0, 0.1) is 0 Å². The molecule has 0 aliphatic carbocycles. The van der Waals surface area contributed by atoms with Crippen LogP contribution >= 0.6 is 11.3 Å². The minimum atomic E-state index is 0.913. The number of guanidine groups is 1. The molecule has 0 saturated carbocycles. The monoisotopic (exact) mass is 238 g/mol. The molecule has 16 heavy (non-hydrogen) atoms. The molecule has 4 nitrogen and oxygen atoms in total. The van der Waals surface area contributed by atoms with Crippen LogP contribution in [-0.2, 0) is 12.8 Å². The maximum Gasteiger partial charge on any atom is 0.193 e. The molecule has 2 heterocycles. The number of aliphatic imine (C=N–C) groups is 1. The average molecular weight is 238 g/mol. The van der Waals surface area contributed by atoms with Gasteiger partial charge in [0, 0.05) is 37.6 Å². The molecule has 0 spiro atoms. The largest absolute Gasteiger partial charge is 0.356 e. The van der Waals surface area contributed by atoms with E-state index in [0.717, 1.165) is 38.4 Å². The van der Waals surface area contributed by atoms with Crippen LogP contribution in [0.4, 0.5) is 0 Å². The van der Waals surface area contributed by atoms with E-state index < -0.39 is 0 Å². The molecular formula is C11H18N4S. The Morgan fingerprint density at radius 1 is 1.56 bits per heavy atom. The Balaban J connectivity index is 1.75. The van der Waals surface area contributed by atoms with Gasteiger partial charge in [-0.2, -0.15) is 0 Å². The second-order valence-corrected chi connectivity index (χ2v) is 5.08. The Hall–Kier alpha value is -1.10. The number of nitrogens with one attached hydrogen (secondary N) is 1. The molecule has 0 saturated heterocycles. The smallest absolute Gasteiger partial charge is 0.193 e. The van der Waals surface area contributed by atoms with Crippen LogP contribution < -0.4 is 5.32 Å². The van der Waals surface area contributed by atoms with Crippen LogP contribution in [0.15, 0.2) is 11.2 Å². The van der Waals surface area contributed by atoms with Gasteiger partial charge in [0.15, 0.2) is 5.96 Å². The van der Waals surface area contributed by atoms with Gasteiger partial charge in [0.25, 0.3) is 0 Å². The van der Waals surface area contributed by atoms with Gasteiger partial charge in [-0.3, -0.25) is 4.99 Å². The summed E-state index contributed by atoms with van der Waals surface area (Å²) < 4.78 is 0. The molecule has 88 valence electrons. The summed E-state index contributed by atoms with van der Waals surface area (Å²) in [6.07, 6.45) is 4.05. The molecule has 0 bridgehead atoms. The number of aryl methyl sites for hydroxylation is 1. The quantitative estimate of drug-likeness (QED) is 0.855. The summed E-state index contributed by atoms with van der Waals surface area (Å²) in [5.74, 6) is 1.02. The number of likely N-dealkylation sites (N-methyl/N-ethyl adjacent to an activating group) is 1. The third-order valence-electron chi connectivity index (χ3n) is 2.63. The van der Waals surface area contributed by atoms with E-state index in [9.17, 15) is 0 Å². The minimum absolute atomic E-state index is 0.913. The summed E-state index contributed by atoms with van der Waals surface area (Å²) in [4.78, 5) is 12.3. The lowest BCUT2D eigenvalue weighted by Crippen LogP contribution is -2.36. The van der Waals surface area contributed by atoms with Crippen molar-refractivity contribution in [3.8, 4) is 0 Å². The fourth-order valence-corrected chi connectivity index (χ4v) is 2.49. The van der Waals surface area contributed by atoms with Crippen molar-refractivity contribution in [2.45, 2.75) is 19.8 Å². The van der Waals surface area contributed by atoms with E-state index in [1.54, 1.807) is 0 Å². The molecule has 0 aromatic carbocycles. The number of hydrogen-bond donors (Lipinski definition) is 1. The zero-order valence-electron chi connectivity index (χ0n) is 9.86. The van der Waals surface area contributed by atoms with Crippen LogP contribution in [0.25, 0.3) is 0 Å². The van der Waals surface area contributed by atoms with Gasteiger partial charge < -0.3 is 10.2 Å². The van der Waals surface area contributed by atoms with E-state index in [2.05, 4.69) is 34.2 Å². The van der Waals surface area contributed by atoms with Gasteiger partial charge >= 0.3 is 0 Å². The number of thiazole rings is 1. The van der Waals surface area contributed by atoms with Crippen molar-refractivity contribution in [2.24, 2.45) is 4.99 Å². The van der Waals surface area contributed by atoms with Crippen molar-refractivity contribution >= 4 is 17.3 Å². The van der Waals surface area contributed by atoms with E-state index in [1.807, 2.05) is 17.5 Å². The van der Waals surface area contributed by atoms with Crippen molar-refractivity contribution in [1.82, 2.24) is 15.2 Å². The zero-order chi connectivity index (χ0) is 11.4. The van der Waals surface area contributed by atoms with Gasteiger partial charge in [-0.05, 0) is 6.42 Å². The molecular weight excluding hydrogens is 220 g/mol. The Morgan fingerprint density at radius 2 is 2.44 bits per heavy atom. The normalized spacial score (nSPS) is 15.4. The SMILES string of the molecule is CCc1cnc(CCNC2=NCCN2C)s1. The highest BCUT2D eigenvalue weighted by Gasteiger charge is 2.11. The Morgan fingerprint density at radius 3 is 3.06 bits per heavy atom.